The minimum Gasteiger partial charge on any atom is -0.355 e. The van der Waals surface area contributed by atoms with Crippen LogP contribution in [-0.2, 0) is 12.0 Å². The van der Waals surface area contributed by atoms with E-state index in [1.807, 2.05) is 12.1 Å². The van der Waals surface area contributed by atoms with Gasteiger partial charge in [-0.2, -0.15) is 0 Å². The minimum atomic E-state index is 0.230. The molecule has 2 aromatic rings. The normalized spacial score (nSPS) is 11.4. The van der Waals surface area contributed by atoms with Gasteiger partial charge in [-0.05, 0) is 41.2 Å². The Kier molecular flexibility index (Phi) is 4.46. The van der Waals surface area contributed by atoms with E-state index in [1.165, 1.54) is 5.56 Å². The van der Waals surface area contributed by atoms with Crippen LogP contribution in [-0.4, -0.2) is 0 Å². The first kappa shape index (κ1) is 14.6. The average Bonchev–Trinajstić information content (AvgIpc) is 2.48. The molecular weight excluding hydrogens is 244 g/mol. The SMILES string of the molecule is CCC(C)(C)c1ccc(Nc2ccccc2CN)cc1. The first-order valence-electron chi connectivity index (χ1n) is 7.22. The van der Waals surface area contributed by atoms with Crippen LogP contribution in [0.15, 0.2) is 48.5 Å². The lowest BCUT2D eigenvalue weighted by atomic mass is 9.82. The predicted octanol–water partition coefficient (Wildman–Crippen LogP) is 4.58. The van der Waals surface area contributed by atoms with E-state index in [4.69, 9.17) is 5.73 Å². The molecule has 0 atom stereocenters. The van der Waals surface area contributed by atoms with Gasteiger partial charge in [0.05, 0.1) is 0 Å². The van der Waals surface area contributed by atoms with Crippen molar-refractivity contribution in [3.63, 3.8) is 0 Å². The molecule has 0 aliphatic heterocycles. The second-order valence-corrected chi connectivity index (χ2v) is 5.80. The van der Waals surface area contributed by atoms with E-state index in [2.05, 4.69) is 62.5 Å². The highest BCUT2D eigenvalue weighted by atomic mass is 14.9. The Hall–Kier alpha value is -1.80. The molecule has 0 unspecified atom stereocenters. The van der Waals surface area contributed by atoms with Gasteiger partial charge in [-0.3, -0.25) is 0 Å². The van der Waals surface area contributed by atoms with Crippen molar-refractivity contribution < 1.29 is 0 Å². The number of hydrogen-bond donors (Lipinski definition) is 2. The molecule has 0 aliphatic rings. The maximum absolute atomic E-state index is 5.76. The number of para-hydroxylation sites is 1. The molecule has 20 heavy (non-hydrogen) atoms. The molecule has 0 radical (unpaired) electrons. The fraction of sp³-hybridized carbons (Fsp3) is 0.333. The second kappa shape index (κ2) is 6.10. The molecule has 0 fully saturated rings. The third kappa shape index (κ3) is 3.20. The van der Waals surface area contributed by atoms with E-state index in [-0.39, 0.29) is 5.41 Å². The molecule has 0 saturated carbocycles. The van der Waals surface area contributed by atoms with Gasteiger partial charge < -0.3 is 11.1 Å². The number of hydrogen-bond acceptors (Lipinski definition) is 2. The van der Waals surface area contributed by atoms with Crippen LogP contribution < -0.4 is 11.1 Å². The fourth-order valence-corrected chi connectivity index (χ4v) is 2.18. The molecule has 106 valence electrons. The summed E-state index contributed by atoms with van der Waals surface area (Å²) < 4.78 is 0. The lowest BCUT2D eigenvalue weighted by Crippen LogP contribution is -2.15. The Balaban J connectivity index is 2.19. The van der Waals surface area contributed by atoms with Gasteiger partial charge in [0.2, 0.25) is 0 Å². The lowest BCUT2D eigenvalue weighted by molar-refractivity contribution is 0.506. The summed E-state index contributed by atoms with van der Waals surface area (Å²) in [6, 6.07) is 16.8. The van der Waals surface area contributed by atoms with Gasteiger partial charge in [0, 0.05) is 17.9 Å². The Labute approximate surface area is 122 Å². The van der Waals surface area contributed by atoms with E-state index in [1.54, 1.807) is 0 Å². The smallest absolute Gasteiger partial charge is 0.0429 e. The summed E-state index contributed by atoms with van der Waals surface area (Å²) in [5.74, 6) is 0. The van der Waals surface area contributed by atoms with Crippen LogP contribution in [0.4, 0.5) is 11.4 Å². The Morgan fingerprint density at radius 2 is 1.65 bits per heavy atom. The zero-order valence-corrected chi connectivity index (χ0v) is 12.6. The van der Waals surface area contributed by atoms with E-state index in [0.717, 1.165) is 23.4 Å². The van der Waals surface area contributed by atoms with Crippen molar-refractivity contribution in [1.29, 1.82) is 0 Å². The van der Waals surface area contributed by atoms with Gasteiger partial charge in [0.15, 0.2) is 0 Å². The maximum Gasteiger partial charge on any atom is 0.0429 e. The molecule has 0 spiro atoms. The number of nitrogens with one attached hydrogen (secondary N) is 1. The van der Waals surface area contributed by atoms with Gasteiger partial charge in [0.1, 0.15) is 0 Å². The highest BCUT2D eigenvalue weighted by Gasteiger charge is 2.17. The van der Waals surface area contributed by atoms with E-state index in [9.17, 15) is 0 Å². The zero-order chi connectivity index (χ0) is 14.6. The molecule has 0 aromatic heterocycles. The number of nitrogens with two attached hydrogens (primary N) is 1. The van der Waals surface area contributed by atoms with Crippen LogP contribution in [0, 0.1) is 0 Å². The second-order valence-electron chi connectivity index (χ2n) is 5.80. The highest BCUT2D eigenvalue weighted by molar-refractivity contribution is 5.63. The number of rotatable bonds is 5. The van der Waals surface area contributed by atoms with Crippen molar-refractivity contribution in [2.45, 2.75) is 39.2 Å². The van der Waals surface area contributed by atoms with Gasteiger partial charge in [0.25, 0.3) is 0 Å². The van der Waals surface area contributed by atoms with Crippen molar-refractivity contribution in [3.8, 4) is 0 Å². The molecule has 0 aliphatic carbocycles. The molecule has 2 rings (SSSR count). The lowest BCUT2D eigenvalue weighted by Gasteiger charge is -2.23. The summed E-state index contributed by atoms with van der Waals surface area (Å²) in [5, 5.41) is 3.44. The van der Waals surface area contributed by atoms with Gasteiger partial charge in [-0.1, -0.05) is 51.1 Å². The zero-order valence-electron chi connectivity index (χ0n) is 12.6. The van der Waals surface area contributed by atoms with Crippen LogP contribution in [0.25, 0.3) is 0 Å². The van der Waals surface area contributed by atoms with Crippen LogP contribution in [0.2, 0.25) is 0 Å². The van der Waals surface area contributed by atoms with Crippen molar-refractivity contribution in [3.05, 3.63) is 59.7 Å². The summed E-state index contributed by atoms with van der Waals surface area (Å²) in [6.45, 7) is 7.33. The molecule has 2 aromatic carbocycles. The average molecular weight is 268 g/mol. The summed E-state index contributed by atoms with van der Waals surface area (Å²) in [6.07, 6.45) is 1.13. The Morgan fingerprint density at radius 1 is 1.00 bits per heavy atom. The molecular formula is C18H24N2. The van der Waals surface area contributed by atoms with Crippen LogP contribution in [0.3, 0.4) is 0 Å². The summed E-state index contributed by atoms with van der Waals surface area (Å²) in [4.78, 5) is 0. The molecule has 3 N–H and O–H groups in total. The minimum absolute atomic E-state index is 0.230. The molecule has 0 saturated heterocycles. The van der Waals surface area contributed by atoms with E-state index >= 15 is 0 Å². The molecule has 0 amide bonds. The summed E-state index contributed by atoms with van der Waals surface area (Å²) in [7, 11) is 0. The van der Waals surface area contributed by atoms with Crippen molar-refractivity contribution >= 4 is 11.4 Å². The van der Waals surface area contributed by atoms with Gasteiger partial charge >= 0.3 is 0 Å². The standard InChI is InChI=1S/C18H24N2/c1-4-18(2,3)15-9-11-16(12-10-15)20-17-8-6-5-7-14(17)13-19/h5-12,20H,4,13,19H2,1-3H3. The third-order valence-electron chi connectivity index (χ3n) is 4.07. The van der Waals surface area contributed by atoms with Crippen molar-refractivity contribution in [1.82, 2.24) is 0 Å². The van der Waals surface area contributed by atoms with E-state index in [0.29, 0.717) is 6.54 Å². The highest BCUT2D eigenvalue weighted by Crippen LogP contribution is 2.28. The Morgan fingerprint density at radius 3 is 2.25 bits per heavy atom. The third-order valence-corrected chi connectivity index (χ3v) is 4.07. The number of anilines is 2. The molecule has 2 nitrogen and oxygen atoms in total. The molecule has 2 heteroatoms. The van der Waals surface area contributed by atoms with Crippen molar-refractivity contribution in [2.24, 2.45) is 5.73 Å². The first-order valence-corrected chi connectivity index (χ1v) is 7.22. The maximum atomic E-state index is 5.76. The molecule has 0 heterocycles. The van der Waals surface area contributed by atoms with Crippen LogP contribution in [0.5, 0.6) is 0 Å². The van der Waals surface area contributed by atoms with Crippen LogP contribution in [0.1, 0.15) is 38.3 Å². The summed E-state index contributed by atoms with van der Waals surface area (Å²) in [5.41, 5.74) is 10.7. The van der Waals surface area contributed by atoms with Gasteiger partial charge in [-0.15, -0.1) is 0 Å². The monoisotopic (exact) mass is 268 g/mol. The first-order chi connectivity index (χ1) is 9.56. The quantitative estimate of drug-likeness (QED) is 0.833. The van der Waals surface area contributed by atoms with Gasteiger partial charge in [-0.25, -0.2) is 0 Å². The van der Waals surface area contributed by atoms with E-state index < -0.39 is 0 Å². The summed E-state index contributed by atoms with van der Waals surface area (Å²) >= 11 is 0. The largest absolute Gasteiger partial charge is 0.355 e. The topological polar surface area (TPSA) is 38.0 Å². The van der Waals surface area contributed by atoms with Crippen LogP contribution >= 0.6 is 0 Å². The van der Waals surface area contributed by atoms with Crippen molar-refractivity contribution in [2.75, 3.05) is 5.32 Å². The predicted molar refractivity (Wildman–Crippen MR) is 87.4 cm³/mol. The number of benzene rings is 2. The Bertz CT molecular complexity index is 556. The fourth-order valence-electron chi connectivity index (χ4n) is 2.18. The molecule has 0 bridgehead atoms.